The molecule has 0 aliphatic carbocycles. The first-order valence-corrected chi connectivity index (χ1v) is 5.53. The quantitative estimate of drug-likeness (QED) is 0.741. The van der Waals surface area contributed by atoms with Crippen molar-refractivity contribution >= 4 is 12.0 Å². The Hall–Kier alpha value is -1.57. The molecule has 2 heteroatoms. The third kappa shape index (κ3) is 2.51. The molecule has 0 aromatic heterocycles. The zero-order valence-electron chi connectivity index (χ0n) is 10.0. The van der Waals surface area contributed by atoms with Crippen LogP contribution < -0.4 is 0 Å². The summed E-state index contributed by atoms with van der Waals surface area (Å²) in [6.45, 7) is 6.86. The maximum Gasteiger partial charge on any atom is 0.212 e. The minimum Gasteiger partial charge on any atom is -0.475 e. The molecule has 0 radical (unpaired) electrons. The predicted octanol–water partition coefficient (Wildman–Crippen LogP) is 3.30. The molecule has 0 atom stereocenters. The predicted molar refractivity (Wildman–Crippen MR) is 67.6 cm³/mol. The van der Waals surface area contributed by atoms with Crippen LogP contribution in [0.2, 0.25) is 0 Å². The van der Waals surface area contributed by atoms with Gasteiger partial charge in [0, 0.05) is 5.57 Å². The molecule has 0 spiro atoms. The largest absolute Gasteiger partial charge is 0.475 e. The molecule has 0 bridgehead atoms. The van der Waals surface area contributed by atoms with Crippen molar-refractivity contribution in [3.8, 4) is 0 Å². The molecular weight excluding hydrogens is 198 g/mol. The average molecular weight is 215 g/mol. The Morgan fingerprint density at radius 2 is 2.00 bits per heavy atom. The summed E-state index contributed by atoms with van der Waals surface area (Å²) in [5, 5.41) is 0. The third-order valence-corrected chi connectivity index (χ3v) is 2.49. The Morgan fingerprint density at radius 3 is 2.56 bits per heavy atom. The van der Waals surface area contributed by atoms with Crippen molar-refractivity contribution in [2.75, 3.05) is 6.61 Å². The first-order chi connectivity index (χ1) is 7.57. The van der Waals surface area contributed by atoms with E-state index in [1.54, 1.807) is 0 Å². The molecule has 1 aliphatic heterocycles. The fourth-order valence-corrected chi connectivity index (χ4v) is 1.65. The summed E-state index contributed by atoms with van der Waals surface area (Å²) < 4.78 is 5.58. The molecule has 84 valence electrons. The van der Waals surface area contributed by atoms with Gasteiger partial charge in [-0.25, -0.2) is 4.99 Å². The summed E-state index contributed by atoms with van der Waals surface area (Å²) in [6, 6.07) is 10.2. The minimum absolute atomic E-state index is 0.0822. The monoisotopic (exact) mass is 215 g/mol. The van der Waals surface area contributed by atoms with Gasteiger partial charge in [0.1, 0.15) is 6.61 Å². The maximum absolute atomic E-state index is 5.58. The Balaban J connectivity index is 2.21. The van der Waals surface area contributed by atoms with Crippen LogP contribution in [-0.2, 0) is 4.74 Å². The molecule has 0 fully saturated rings. The second kappa shape index (κ2) is 4.12. The van der Waals surface area contributed by atoms with Crippen molar-refractivity contribution in [1.29, 1.82) is 0 Å². The molecule has 0 amide bonds. The van der Waals surface area contributed by atoms with Crippen molar-refractivity contribution in [3.05, 3.63) is 41.5 Å². The highest BCUT2D eigenvalue weighted by Gasteiger charge is 2.26. The molecule has 0 saturated heterocycles. The van der Waals surface area contributed by atoms with Crippen LogP contribution in [0.15, 0.2) is 40.9 Å². The molecule has 0 unspecified atom stereocenters. The number of nitrogens with zero attached hydrogens (tertiary/aromatic N) is 1. The Bertz CT molecular complexity index is 429. The van der Waals surface area contributed by atoms with Gasteiger partial charge in [0.15, 0.2) is 0 Å². The molecule has 2 nitrogen and oxygen atoms in total. The number of hydrogen-bond donors (Lipinski definition) is 0. The van der Waals surface area contributed by atoms with Crippen LogP contribution in [0.4, 0.5) is 0 Å². The third-order valence-electron chi connectivity index (χ3n) is 2.49. The van der Waals surface area contributed by atoms with Crippen LogP contribution in [0.3, 0.4) is 0 Å². The zero-order chi connectivity index (χ0) is 11.6. The van der Waals surface area contributed by atoms with Gasteiger partial charge in [0.05, 0.1) is 5.54 Å². The van der Waals surface area contributed by atoms with E-state index in [9.17, 15) is 0 Å². The summed E-state index contributed by atoms with van der Waals surface area (Å²) >= 11 is 0. The molecular formula is C14H17NO. The van der Waals surface area contributed by atoms with Crippen molar-refractivity contribution < 1.29 is 4.74 Å². The minimum atomic E-state index is -0.0822. The van der Waals surface area contributed by atoms with Crippen LogP contribution in [0.25, 0.3) is 6.08 Å². The SMILES string of the molecule is C/C(=C\c1ccccc1)C1=NC(C)(C)CO1. The van der Waals surface area contributed by atoms with Gasteiger partial charge in [0.2, 0.25) is 5.90 Å². The zero-order valence-corrected chi connectivity index (χ0v) is 10.0. The fraction of sp³-hybridized carbons (Fsp3) is 0.357. The van der Waals surface area contributed by atoms with Crippen LogP contribution in [0.1, 0.15) is 26.3 Å². The van der Waals surface area contributed by atoms with Crippen LogP contribution in [0.5, 0.6) is 0 Å². The van der Waals surface area contributed by atoms with E-state index >= 15 is 0 Å². The van der Waals surface area contributed by atoms with Crippen LogP contribution >= 0.6 is 0 Å². The summed E-state index contributed by atoms with van der Waals surface area (Å²) in [7, 11) is 0. The van der Waals surface area contributed by atoms with Crippen molar-refractivity contribution in [3.63, 3.8) is 0 Å². The van der Waals surface area contributed by atoms with Crippen LogP contribution in [0, 0.1) is 0 Å². The first kappa shape index (κ1) is 10.9. The highest BCUT2D eigenvalue weighted by atomic mass is 16.5. The smallest absolute Gasteiger partial charge is 0.212 e. The van der Waals surface area contributed by atoms with Gasteiger partial charge >= 0.3 is 0 Å². The number of hydrogen-bond acceptors (Lipinski definition) is 2. The summed E-state index contributed by atoms with van der Waals surface area (Å²) in [4.78, 5) is 4.54. The van der Waals surface area contributed by atoms with Gasteiger partial charge in [-0.1, -0.05) is 30.3 Å². The topological polar surface area (TPSA) is 21.6 Å². The molecule has 16 heavy (non-hydrogen) atoms. The van der Waals surface area contributed by atoms with E-state index in [1.165, 1.54) is 5.56 Å². The number of benzene rings is 1. The Labute approximate surface area is 96.7 Å². The van der Waals surface area contributed by atoms with E-state index in [0.29, 0.717) is 6.61 Å². The molecule has 1 aromatic carbocycles. The lowest BCUT2D eigenvalue weighted by atomic mass is 10.1. The lowest BCUT2D eigenvalue weighted by Crippen LogP contribution is -2.17. The standard InChI is InChI=1S/C14H17NO/c1-11(9-12-7-5-4-6-8-12)13-15-14(2,3)10-16-13/h4-9H,10H2,1-3H3/b11-9+. The van der Waals surface area contributed by atoms with Gasteiger partial charge in [-0.2, -0.15) is 0 Å². The van der Waals surface area contributed by atoms with Gasteiger partial charge in [0.25, 0.3) is 0 Å². The Morgan fingerprint density at radius 1 is 1.31 bits per heavy atom. The highest BCUT2D eigenvalue weighted by molar-refractivity contribution is 5.98. The van der Waals surface area contributed by atoms with Gasteiger partial charge in [-0.3, -0.25) is 0 Å². The fourth-order valence-electron chi connectivity index (χ4n) is 1.65. The number of rotatable bonds is 2. The maximum atomic E-state index is 5.58. The lowest BCUT2D eigenvalue weighted by molar-refractivity contribution is 0.279. The molecule has 1 aliphatic rings. The summed E-state index contributed by atoms with van der Waals surface area (Å²) in [5.74, 6) is 0.772. The van der Waals surface area contributed by atoms with Gasteiger partial charge in [-0.15, -0.1) is 0 Å². The average Bonchev–Trinajstić information content (AvgIpc) is 2.60. The molecule has 0 saturated carbocycles. The van der Waals surface area contributed by atoms with E-state index in [1.807, 2.05) is 25.1 Å². The highest BCUT2D eigenvalue weighted by Crippen LogP contribution is 2.21. The molecule has 1 aromatic rings. The second-order valence-electron chi connectivity index (χ2n) is 4.76. The van der Waals surface area contributed by atoms with Crippen LogP contribution in [-0.4, -0.2) is 18.0 Å². The van der Waals surface area contributed by atoms with E-state index < -0.39 is 0 Å². The molecule has 0 N–H and O–H groups in total. The molecule has 1 heterocycles. The first-order valence-electron chi connectivity index (χ1n) is 5.53. The second-order valence-corrected chi connectivity index (χ2v) is 4.76. The van der Waals surface area contributed by atoms with E-state index in [0.717, 1.165) is 11.5 Å². The number of ether oxygens (including phenoxy) is 1. The van der Waals surface area contributed by atoms with E-state index in [4.69, 9.17) is 4.74 Å². The van der Waals surface area contributed by atoms with Gasteiger partial charge in [-0.05, 0) is 32.4 Å². The molecule has 2 rings (SSSR count). The van der Waals surface area contributed by atoms with Crippen molar-refractivity contribution in [1.82, 2.24) is 0 Å². The van der Waals surface area contributed by atoms with Crippen molar-refractivity contribution in [2.45, 2.75) is 26.3 Å². The van der Waals surface area contributed by atoms with Crippen molar-refractivity contribution in [2.24, 2.45) is 4.99 Å². The van der Waals surface area contributed by atoms with E-state index in [2.05, 4.69) is 37.0 Å². The summed E-state index contributed by atoms with van der Waals surface area (Å²) in [6.07, 6.45) is 2.10. The van der Waals surface area contributed by atoms with E-state index in [-0.39, 0.29) is 5.54 Å². The normalized spacial score (nSPS) is 19.2. The van der Waals surface area contributed by atoms with Gasteiger partial charge < -0.3 is 4.74 Å². The number of aliphatic imine (C=N–C) groups is 1. The Kier molecular flexibility index (Phi) is 2.82. The summed E-state index contributed by atoms with van der Waals surface area (Å²) in [5.41, 5.74) is 2.17. The lowest BCUT2D eigenvalue weighted by Gasteiger charge is -2.07.